The number of rotatable bonds is 9. The van der Waals surface area contributed by atoms with Gasteiger partial charge in [-0.15, -0.1) is 0 Å². The molecular weight excluding hydrogens is 545 g/mol. The number of hydrogen-bond acceptors (Lipinski definition) is 7. The molecule has 1 saturated heterocycles. The first-order valence-electron chi connectivity index (χ1n) is 12.2. The number of hydrazine groups is 1. The predicted octanol–water partition coefficient (Wildman–Crippen LogP) is 6.14. The van der Waals surface area contributed by atoms with Crippen LogP contribution < -0.4 is 21.2 Å². The number of hydrogen-bond donors (Lipinski definition) is 2. The van der Waals surface area contributed by atoms with Gasteiger partial charge in [0.2, 0.25) is 0 Å². The van der Waals surface area contributed by atoms with Crippen LogP contribution in [0.4, 0.5) is 5.82 Å². The molecule has 2 aromatic carbocycles. The Hall–Kier alpha value is -2.97. The quantitative estimate of drug-likeness (QED) is 0.180. The van der Waals surface area contributed by atoms with Gasteiger partial charge in [-0.2, -0.15) is 0 Å². The molecule has 0 bridgehead atoms. The summed E-state index contributed by atoms with van der Waals surface area (Å²) in [5, 5.41) is 3.03. The second-order valence-corrected chi connectivity index (χ2v) is 10.7. The number of nitrogens with zero attached hydrogens (tertiary/aromatic N) is 3. The van der Waals surface area contributed by atoms with Crippen LogP contribution in [0, 0.1) is 0 Å². The average Bonchev–Trinajstić information content (AvgIpc) is 3.38. The molecule has 1 unspecified atom stereocenters. The van der Waals surface area contributed by atoms with Gasteiger partial charge in [-0.3, -0.25) is 4.79 Å². The van der Waals surface area contributed by atoms with Crippen LogP contribution in [0.2, 0.25) is 15.1 Å². The molecule has 4 rings (SSSR count). The number of benzene rings is 2. The van der Waals surface area contributed by atoms with Gasteiger partial charge in [-0.25, -0.2) is 10.8 Å². The zero-order valence-electron chi connectivity index (χ0n) is 21.2. The number of ether oxygens (including phenoxy) is 1. The van der Waals surface area contributed by atoms with Crippen molar-refractivity contribution in [2.24, 2.45) is 11.6 Å². The summed E-state index contributed by atoms with van der Waals surface area (Å²) in [6.07, 6.45) is 3.32. The van der Waals surface area contributed by atoms with E-state index < -0.39 is 0 Å². The number of carbonyl (C=O) groups is 1. The van der Waals surface area contributed by atoms with E-state index >= 15 is 0 Å². The third-order valence-electron chi connectivity index (χ3n) is 6.62. The number of pyridine rings is 1. The largest absolute Gasteiger partial charge is 0.487 e. The number of aldehydes is 1. The standard InChI is InChI=1S/C28H30Cl3N5O2/c1-17(2)36(33)25(28(32)27-22(29)4-3-5-23(27)30)16-38-20-7-8-21(24(31)12-20)19-10-11-35(14-19)26-9-6-18(15-37)13-34-26/h3-9,12-13,15,17,19H,10-11,14,16,32-33H2,1-2H3/b28-25-. The third-order valence-corrected chi connectivity index (χ3v) is 7.57. The molecular formula is C28H30Cl3N5O2. The molecule has 1 aliphatic heterocycles. The lowest BCUT2D eigenvalue weighted by atomic mass is 9.98. The van der Waals surface area contributed by atoms with Crippen LogP contribution in [0.15, 0.2) is 60.4 Å². The Labute approximate surface area is 237 Å². The van der Waals surface area contributed by atoms with Crippen molar-refractivity contribution in [2.75, 3.05) is 24.6 Å². The van der Waals surface area contributed by atoms with Crippen LogP contribution in [0.3, 0.4) is 0 Å². The van der Waals surface area contributed by atoms with E-state index in [9.17, 15) is 4.79 Å². The number of aromatic nitrogens is 1. The third kappa shape index (κ3) is 6.18. The molecule has 2 heterocycles. The zero-order chi connectivity index (χ0) is 27.4. The highest BCUT2D eigenvalue weighted by Gasteiger charge is 2.27. The lowest BCUT2D eigenvalue weighted by Crippen LogP contribution is -2.40. The summed E-state index contributed by atoms with van der Waals surface area (Å²) in [7, 11) is 0. The van der Waals surface area contributed by atoms with Gasteiger partial charge >= 0.3 is 0 Å². The molecule has 1 aromatic heterocycles. The predicted molar refractivity (Wildman–Crippen MR) is 155 cm³/mol. The number of halogens is 3. The molecule has 1 atom stereocenters. The molecule has 0 spiro atoms. The van der Waals surface area contributed by atoms with Gasteiger partial charge in [0.15, 0.2) is 6.29 Å². The molecule has 1 fully saturated rings. The Morgan fingerprint density at radius 3 is 2.50 bits per heavy atom. The molecule has 200 valence electrons. The van der Waals surface area contributed by atoms with Crippen molar-refractivity contribution in [1.29, 1.82) is 0 Å². The van der Waals surface area contributed by atoms with E-state index in [1.54, 1.807) is 35.5 Å². The molecule has 10 heteroatoms. The first kappa shape index (κ1) is 28.0. The monoisotopic (exact) mass is 573 g/mol. The second kappa shape index (κ2) is 12.3. The molecule has 38 heavy (non-hydrogen) atoms. The molecule has 1 aliphatic rings. The van der Waals surface area contributed by atoms with Gasteiger partial charge in [0.25, 0.3) is 0 Å². The minimum atomic E-state index is -0.0474. The molecule has 0 amide bonds. The van der Waals surface area contributed by atoms with Crippen LogP contribution in [0.25, 0.3) is 5.70 Å². The minimum absolute atomic E-state index is 0.0474. The van der Waals surface area contributed by atoms with Gasteiger partial charge in [-0.1, -0.05) is 46.9 Å². The van der Waals surface area contributed by atoms with E-state index in [0.29, 0.717) is 43.3 Å². The molecule has 7 nitrogen and oxygen atoms in total. The smallest absolute Gasteiger partial charge is 0.151 e. The van der Waals surface area contributed by atoms with E-state index in [-0.39, 0.29) is 18.6 Å². The van der Waals surface area contributed by atoms with Gasteiger partial charge in [0.1, 0.15) is 18.2 Å². The van der Waals surface area contributed by atoms with Gasteiger partial charge in [-0.05, 0) is 62.2 Å². The lowest BCUT2D eigenvalue weighted by Gasteiger charge is -2.28. The van der Waals surface area contributed by atoms with Crippen molar-refractivity contribution < 1.29 is 9.53 Å². The highest BCUT2D eigenvalue weighted by Crippen LogP contribution is 2.36. The summed E-state index contributed by atoms with van der Waals surface area (Å²) in [4.78, 5) is 17.5. The topological polar surface area (TPSA) is 97.7 Å². The van der Waals surface area contributed by atoms with Crippen LogP contribution in [-0.2, 0) is 0 Å². The van der Waals surface area contributed by atoms with E-state index in [4.69, 9.17) is 51.1 Å². The fourth-order valence-corrected chi connectivity index (χ4v) is 5.39. The van der Waals surface area contributed by atoms with Gasteiger partial charge in [0.05, 0.1) is 21.4 Å². The van der Waals surface area contributed by atoms with Crippen molar-refractivity contribution in [2.45, 2.75) is 32.2 Å². The average molecular weight is 575 g/mol. The molecule has 0 radical (unpaired) electrons. The number of anilines is 1. The molecule has 0 aliphatic carbocycles. The Morgan fingerprint density at radius 2 is 1.89 bits per heavy atom. The van der Waals surface area contributed by atoms with Gasteiger partial charge < -0.3 is 20.4 Å². The maximum absolute atomic E-state index is 10.9. The van der Waals surface area contributed by atoms with E-state index in [2.05, 4.69) is 9.88 Å². The SMILES string of the molecule is CC(C)N(N)/C(COc1ccc(C2CCN(c3ccc(C=O)cn3)C2)c(Cl)c1)=C(\N)c1c(Cl)cccc1Cl. The Bertz CT molecular complexity index is 1310. The Balaban J connectivity index is 1.50. The van der Waals surface area contributed by atoms with E-state index in [0.717, 1.165) is 37.2 Å². The van der Waals surface area contributed by atoms with Crippen LogP contribution >= 0.6 is 34.8 Å². The maximum atomic E-state index is 10.9. The van der Waals surface area contributed by atoms with Crippen LogP contribution in [0.1, 0.15) is 47.7 Å². The first-order valence-corrected chi connectivity index (χ1v) is 13.4. The van der Waals surface area contributed by atoms with Crippen LogP contribution in [-0.4, -0.2) is 42.0 Å². The van der Waals surface area contributed by atoms with Crippen molar-refractivity contribution >= 4 is 52.6 Å². The molecule has 3 aromatic rings. The van der Waals surface area contributed by atoms with Crippen LogP contribution in [0.5, 0.6) is 5.75 Å². The molecule has 0 saturated carbocycles. The second-order valence-electron chi connectivity index (χ2n) is 9.43. The van der Waals surface area contributed by atoms with Crippen molar-refractivity contribution in [3.63, 3.8) is 0 Å². The van der Waals surface area contributed by atoms with E-state index in [1.807, 2.05) is 38.1 Å². The lowest BCUT2D eigenvalue weighted by molar-refractivity contribution is 0.112. The first-order chi connectivity index (χ1) is 18.2. The highest BCUT2D eigenvalue weighted by atomic mass is 35.5. The minimum Gasteiger partial charge on any atom is -0.487 e. The Kier molecular flexibility index (Phi) is 9.05. The summed E-state index contributed by atoms with van der Waals surface area (Å²) in [5.41, 5.74) is 9.53. The maximum Gasteiger partial charge on any atom is 0.151 e. The van der Waals surface area contributed by atoms with Crippen molar-refractivity contribution in [3.05, 3.63) is 92.2 Å². The highest BCUT2D eigenvalue weighted by molar-refractivity contribution is 6.37. The fourth-order valence-electron chi connectivity index (χ4n) is 4.46. The summed E-state index contributed by atoms with van der Waals surface area (Å²) in [6.45, 7) is 5.63. The summed E-state index contributed by atoms with van der Waals surface area (Å²) >= 11 is 19.5. The summed E-state index contributed by atoms with van der Waals surface area (Å²) in [5.74, 6) is 8.04. The normalized spacial score (nSPS) is 16.0. The number of carbonyl (C=O) groups excluding carboxylic acids is 1. The summed E-state index contributed by atoms with van der Waals surface area (Å²) in [6, 6.07) is 14.5. The number of nitrogens with two attached hydrogens (primary N) is 2. The van der Waals surface area contributed by atoms with Crippen molar-refractivity contribution in [1.82, 2.24) is 9.99 Å². The zero-order valence-corrected chi connectivity index (χ0v) is 23.5. The van der Waals surface area contributed by atoms with E-state index in [1.165, 1.54) is 0 Å². The van der Waals surface area contributed by atoms with Gasteiger partial charge in [0, 0.05) is 47.4 Å². The van der Waals surface area contributed by atoms with Crippen molar-refractivity contribution in [3.8, 4) is 5.75 Å². The molecule has 4 N–H and O–H groups in total. The fraction of sp³-hybridized carbons (Fsp3) is 0.286. The summed E-state index contributed by atoms with van der Waals surface area (Å²) < 4.78 is 6.09. The Morgan fingerprint density at radius 1 is 1.16 bits per heavy atom.